The number of anilines is 2. The van der Waals surface area contributed by atoms with Gasteiger partial charge in [-0.1, -0.05) is 0 Å². The molecule has 1 unspecified atom stereocenters. The van der Waals surface area contributed by atoms with Crippen molar-refractivity contribution in [3.05, 3.63) is 6.33 Å². The first-order valence-corrected chi connectivity index (χ1v) is 5.72. The van der Waals surface area contributed by atoms with Crippen molar-refractivity contribution in [1.29, 1.82) is 0 Å². The average molecular weight is 254 g/mol. The van der Waals surface area contributed by atoms with Crippen LogP contribution >= 0.6 is 0 Å². The zero-order chi connectivity index (χ0) is 13.0. The van der Waals surface area contributed by atoms with Crippen LogP contribution in [0.15, 0.2) is 6.33 Å². The van der Waals surface area contributed by atoms with Crippen LogP contribution in [0.3, 0.4) is 0 Å². The summed E-state index contributed by atoms with van der Waals surface area (Å²) < 4.78 is 16.1. The molecule has 1 aromatic heterocycles. The van der Waals surface area contributed by atoms with Gasteiger partial charge in [-0.3, -0.25) is 0 Å². The summed E-state index contributed by atoms with van der Waals surface area (Å²) in [6, 6.07) is 0. The van der Waals surface area contributed by atoms with Crippen LogP contribution in [0.4, 0.5) is 11.6 Å². The number of aromatic nitrogens is 2. The topological polar surface area (TPSA) is 91.5 Å². The van der Waals surface area contributed by atoms with Gasteiger partial charge in [0.25, 0.3) is 0 Å². The molecule has 0 saturated carbocycles. The molecule has 0 radical (unpaired) electrons. The van der Waals surface area contributed by atoms with E-state index in [2.05, 4.69) is 15.3 Å². The Morgan fingerprint density at radius 2 is 2.33 bits per heavy atom. The number of nitrogens with zero attached hydrogens (tertiary/aromatic N) is 2. The molecule has 1 aromatic rings. The molecule has 7 nitrogen and oxygen atoms in total. The molecule has 1 aliphatic rings. The lowest BCUT2D eigenvalue weighted by atomic mass is 10.0. The minimum atomic E-state index is -0.315. The summed E-state index contributed by atoms with van der Waals surface area (Å²) in [5.41, 5.74) is 5.39. The van der Waals surface area contributed by atoms with Gasteiger partial charge >= 0.3 is 0 Å². The first-order chi connectivity index (χ1) is 8.71. The van der Waals surface area contributed by atoms with E-state index in [9.17, 15) is 0 Å². The van der Waals surface area contributed by atoms with Crippen molar-refractivity contribution in [2.45, 2.75) is 12.0 Å². The minimum absolute atomic E-state index is 0.309. The van der Waals surface area contributed by atoms with Crippen molar-refractivity contribution in [2.24, 2.45) is 0 Å². The standard InChI is InChI=1S/C11H18N4O3/c1-16-8-9(12)14-7-15-10(8)13-5-11(17-2)3-4-18-6-11/h7H,3-6H2,1-2H3,(H3,12,13,14,15). The predicted molar refractivity (Wildman–Crippen MR) is 66.7 cm³/mol. The van der Waals surface area contributed by atoms with Crippen LogP contribution in [-0.4, -0.2) is 49.5 Å². The highest BCUT2D eigenvalue weighted by Gasteiger charge is 2.35. The highest BCUT2D eigenvalue weighted by molar-refractivity contribution is 5.61. The number of hydrogen-bond donors (Lipinski definition) is 2. The molecule has 2 heterocycles. The molecule has 1 aliphatic heterocycles. The fourth-order valence-electron chi connectivity index (χ4n) is 1.92. The molecule has 1 atom stereocenters. The Labute approximate surface area is 106 Å². The summed E-state index contributed by atoms with van der Waals surface area (Å²) in [5, 5.41) is 3.18. The lowest BCUT2D eigenvalue weighted by Crippen LogP contribution is -2.39. The van der Waals surface area contributed by atoms with E-state index in [4.69, 9.17) is 19.9 Å². The zero-order valence-corrected chi connectivity index (χ0v) is 10.6. The molecule has 0 aliphatic carbocycles. The quantitative estimate of drug-likeness (QED) is 0.780. The number of rotatable bonds is 5. The highest BCUT2D eigenvalue weighted by atomic mass is 16.5. The Kier molecular flexibility index (Phi) is 3.83. The van der Waals surface area contributed by atoms with Gasteiger partial charge in [0.15, 0.2) is 11.6 Å². The van der Waals surface area contributed by atoms with Crippen LogP contribution in [0.1, 0.15) is 6.42 Å². The van der Waals surface area contributed by atoms with E-state index in [0.29, 0.717) is 37.1 Å². The number of nitrogen functional groups attached to an aromatic ring is 1. The van der Waals surface area contributed by atoms with Gasteiger partial charge in [0.05, 0.1) is 13.7 Å². The molecule has 2 rings (SSSR count). The Balaban J connectivity index is 2.08. The normalized spacial score (nSPS) is 23.0. The molecule has 1 fully saturated rings. The third-order valence-electron chi connectivity index (χ3n) is 3.11. The SMILES string of the molecule is COc1c(N)ncnc1NCC1(OC)CCOC1. The monoisotopic (exact) mass is 254 g/mol. The van der Waals surface area contributed by atoms with E-state index in [1.165, 1.54) is 13.4 Å². The molecule has 0 amide bonds. The maximum atomic E-state index is 5.71. The molecular weight excluding hydrogens is 236 g/mol. The van der Waals surface area contributed by atoms with E-state index in [-0.39, 0.29) is 5.60 Å². The van der Waals surface area contributed by atoms with Crippen LogP contribution in [0.25, 0.3) is 0 Å². The van der Waals surface area contributed by atoms with Gasteiger partial charge in [-0.15, -0.1) is 0 Å². The molecule has 0 aromatic carbocycles. The first-order valence-electron chi connectivity index (χ1n) is 5.72. The summed E-state index contributed by atoms with van der Waals surface area (Å²) in [7, 11) is 3.22. The van der Waals surface area contributed by atoms with Crippen molar-refractivity contribution in [1.82, 2.24) is 9.97 Å². The van der Waals surface area contributed by atoms with Crippen molar-refractivity contribution in [3.63, 3.8) is 0 Å². The van der Waals surface area contributed by atoms with Gasteiger partial charge < -0.3 is 25.3 Å². The Hall–Kier alpha value is -1.60. The van der Waals surface area contributed by atoms with Gasteiger partial charge in [-0.2, -0.15) is 0 Å². The Morgan fingerprint density at radius 3 is 2.94 bits per heavy atom. The summed E-state index contributed by atoms with van der Waals surface area (Å²) >= 11 is 0. The molecule has 0 spiro atoms. The molecule has 7 heteroatoms. The minimum Gasteiger partial charge on any atom is -0.490 e. The van der Waals surface area contributed by atoms with Gasteiger partial charge in [0.1, 0.15) is 11.9 Å². The van der Waals surface area contributed by atoms with Gasteiger partial charge in [-0.05, 0) is 0 Å². The average Bonchev–Trinajstić information content (AvgIpc) is 2.86. The van der Waals surface area contributed by atoms with E-state index < -0.39 is 0 Å². The first kappa shape index (κ1) is 12.8. The number of methoxy groups -OCH3 is 2. The van der Waals surface area contributed by atoms with Crippen LogP contribution in [0.5, 0.6) is 5.75 Å². The third-order valence-corrected chi connectivity index (χ3v) is 3.11. The number of nitrogens with two attached hydrogens (primary N) is 1. The second kappa shape index (κ2) is 5.36. The number of ether oxygens (including phenoxy) is 3. The summed E-state index contributed by atoms with van der Waals surface area (Å²) in [6.07, 6.45) is 2.24. The van der Waals surface area contributed by atoms with Gasteiger partial charge in [0.2, 0.25) is 5.75 Å². The number of nitrogens with one attached hydrogen (secondary N) is 1. The van der Waals surface area contributed by atoms with Crippen molar-refractivity contribution < 1.29 is 14.2 Å². The van der Waals surface area contributed by atoms with E-state index in [1.54, 1.807) is 7.11 Å². The fourth-order valence-corrected chi connectivity index (χ4v) is 1.92. The van der Waals surface area contributed by atoms with E-state index in [1.807, 2.05) is 0 Å². The maximum Gasteiger partial charge on any atom is 0.203 e. The van der Waals surface area contributed by atoms with Gasteiger partial charge in [0, 0.05) is 26.7 Å². The largest absolute Gasteiger partial charge is 0.490 e. The van der Waals surface area contributed by atoms with Crippen molar-refractivity contribution in [3.8, 4) is 5.75 Å². The maximum absolute atomic E-state index is 5.71. The molecule has 100 valence electrons. The van der Waals surface area contributed by atoms with E-state index in [0.717, 1.165) is 6.42 Å². The van der Waals surface area contributed by atoms with Crippen LogP contribution in [0, 0.1) is 0 Å². The zero-order valence-electron chi connectivity index (χ0n) is 10.6. The van der Waals surface area contributed by atoms with Crippen LogP contribution in [-0.2, 0) is 9.47 Å². The van der Waals surface area contributed by atoms with Crippen molar-refractivity contribution in [2.75, 3.05) is 45.0 Å². The number of hydrogen-bond acceptors (Lipinski definition) is 7. The molecule has 18 heavy (non-hydrogen) atoms. The predicted octanol–water partition coefficient (Wildman–Crippen LogP) is 0.285. The third kappa shape index (κ3) is 2.46. The van der Waals surface area contributed by atoms with Crippen LogP contribution < -0.4 is 15.8 Å². The van der Waals surface area contributed by atoms with Crippen molar-refractivity contribution >= 4 is 11.6 Å². The fraction of sp³-hybridized carbons (Fsp3) is 0.636. The summed E-state index contributed by atoms with van der Waals surface area (Å²) in [6.45, 7) is 1.86. The summed E-state index contributed by atoms with van der Waals surface area (Å²) in [5.74, 6) is 1.32. The second-order valence-corrected chi connectivity index (χ2v) is 4.18. The molecular formula is C11H18N4O3. The second-order valence-electron chi connectivity index (χ2n) is 4.18. The Bertz CT molecular complexity index is 407. The molecule has 1 saturated heterocycles. The summed E-state index contributed by atoms with van der Waals surface area (Å²) in [4.78, 5) is 7.99. The molecule has 0 bridgehead atoms. The van der Waals surface area contributed by atoms with E-state index >= 15 is 0 Å². The van der Waals surface area contributed by atoms with Crippen LogP contribution in [0.2, 0.25) is 0 Å². The smallest absolute Gasteiger partial charge is 0.203 e. The molecule has 3 N–H and O–H groups in total. The lowest BCUT2D eigenvalue weighted by Gasteiger charge is -2.26. The highest BCUT2D eigenvalue weighted by Crippen LogP contribution is 2.28. The lowest BCUT2D eigenvalue weighted by molar-refractivity contribution is -0.00628. The Morgan fingerprint density at radius 1 is 1.50 bits per heavy atom. The van der Waals surface area contributed by atoms with Gasteiger partial charge in [-0.25, -0.2) is 9.97 Å².